The van der Waals surface area contributed by atoms with Crippen molar-refractivity contribution < 1.29 is 9.59 Å². The van der Waals surface area contributed by atoms with Crippen molar-refractivity contribution in [2.24, 2.45) is 0 Å². The molecule has 5 heteroatoms. The third-order valence-electron chi connectivity index (χ3n) is 3.91. The van der Waals surface area contributed by atoms with E-state index >= 15 is 0 Å². The average Bonchev–Trinajstić information content (AvgIpc) is 2.96. The van der Waals surface area contributed by atoms with Crippen molar-refractivity contribution in [1.29, 1.82) is 0 Å². The third-order valence-corrected chi connectivity index (χ3v) is 3.91. The smallest absolute Gasteiger partial charge is 0.247 e. The van der Waals surface area contributed by atoms with Gasteiger partial charge in [-0.25, -0.2) is 0 Å². The van der Waals surface area contributed by atoms with Gasteiger partial charge < -0.3 is 5.32 Å². The first-order valence-corrected chi connectivity index (χ1v) is 7.93. The molecule has 122 valence electrons. The number of para-hydroxylation sites is 1. The number of aryl methyl sites for hydroxylation is 1. The summed E-state index contributed by atoms with van der Waals surface area (Å²) < 4.78 is 1.40. The summed E-state index contributed by atoms with van der Waals surface area (Å²) in [7, 11) is 0. The molecule has 1 amide bonds. The molecule has 0 spiro atoms. The molecule has 0 bridgehead atoms. The number of benzene rings is 2. The fraction of sp³-hybridized carbons (Fsp3) is 0.211. The Labute approximate surface area is 140 Å². The molecular weight excluding hydrogens is 302 g/mol. The van der Waals surface area contributed by atoms with Gasteiger partial charge in [0.1, 0.15) is 0 Å². The monoisotopic (exact) mass is 321 g/mol. The molecule has 5 nitrogen and oxygen atoms in total. The summed E-state index contributed by atoms with van der Waals surface area (Å²) in [5.74, 6) is -0.311. The second-order valence-electron chi connectivity index (χ2n) is 5.67. The van der Waals surface area contributed by atoms with Gasteiger partial charge in [0, 0.05) is 24.8 Å². The molecule has 0 aliphatic rings. The maximum absolute atomic E-state index is 12.4. The SMILES string of the molecule is Cc1nn(C(=O)CCC(=O)NCc2ccccc2)c2ccccc12. The summed E-state index contributed by atoms with van der Waals surface area (Å²) in [6.45, 7) is 2.34. The lowest BCUT2D eigenvalue weighted by Crippen LogP contribution is -2.24. The maximum Gasteiger partial charge on any atom is 0.247 e. The van der Waals surface area contributed by atoms with Gasteiger partial charge in [0.15, 0.2) is 0 Å². The normalized spacial score (nSPS) is 10.7. The quantitative estimate of drug-likeness (QED) is 0.785. The molecule has 0 atom stereocenters. The van der Waals surface area contributed by atoms with E-state index in [2.05, 4.69) is 10.4 Å². The van der Waals surface area contributed by atoms with Gasteiger partial charge in [-0.15, -0.1) is 0 Å². The fourth-order valence-corrected chi connectivity index (χ4v) is 2.62. The van der Waals surface area contributed by atoms with Crippen molar-refractivity contribution >= 4 is 22.7 Å². The Kier molecular flexibility index (Phi) is 4.70. The number of hydrogen-bond donors (Lipinski definition) is 1. The van der Waals surface area contributed by atoms with Crippen molar-refractivity contribution in [3.05, 3.63) is 65.9 Å². The molecule has 0 saturated carbocycles. The molecule has 3 aromatic rings. The van der Waals surface area contributed by atoms with Crippen LogP contribution in [0, 0.1) is 6.92 Å². The number of rotatable bonds is 5. The Balaban J connectivity index is 1.58. The highest BCUT2D eigenvalue weighted by atomic mass is 16.2. The Bertz CT molecular complexity index is 869. The first-order valence-electron chi connectivity index (χ1n) is 7.93. The van der Waals surface area contributed by atoms with Gasteiger partial charge in [-0.1, -0.05) is 48.5 Å². The Morgan fingerprint density at radius 3 is 2.50 bits per heavy atom. The Morgan fingerprint density at radius 1 is 1.00 bits per heavy atom. The van der Waals surface area contributed by atoms with Crippen LogP contribution in [0.2, 0.25) is 0 Å². The number of nitrogens with zero attached hydrogens (tertiary/aromatic N) is 2. The molecule has 0 fully saturated rings. The van der Waals surface area contributed by atoms with Gasteiger partial charge in [-0.2, -0.15) is 9.78 Å². The second kappa shape index (κ2) is 7.08. The lowest BCUT2D eigenvalue weighted by Gasteiger charge is -2.05. The lowest BCUT2D eigenvalue weighted by molar-refractivity contribution is -0.121. The van der Waals surface area contributed by atoms with Crippen molar-refractivity contribution in [3.8, 4) is 0 Å². The van der Waals surface area contributed by atoms with E-state index in [1.165, 1.54) is 4.68 Å². The maximum atomic E-state index is 12.4. The summed E-state index contributed by atoms with van der Waals surface area (Å²) in [5.41, 5.74) is 2.63. The second-order valence-corrected chi connectivity index (χ2v) is 5.67. The van der Waals surface area contributed by atoms with Crippen LogP contribution in [0.15, 0.2) is 54.6 Å². The van der Waals surface area contributed by atoms with E-state index in [1.807, 2.05) is 61.5 Å². The topological polar surface area (TPSA) is 64.0 Å². The van der Waals surface area contributed by atoms with Gasteiger partial charge in [-0.05, 0) is 18.6 Å². The lowest BCUT2D eigenvalue weighted by atomic mass is 10.2. The van der Waals surface area contributed by atoms with Crippen LogP contribution in [-0.4, -0.2) is 21.6 Å². The number of carbonyl (C=O) groups is 2. The van der Waals surface area contributed by atoms with Crippen LogP contribution in [0.1, 0.15) is 28.9 Å². The molecule has 0 unspecified atom stereocenters. The van der Waals surface area contributed by atoms with Crippen LogP contribution in [-0.2, 0) is 11.3 Å². The highest BCUT2D eigenvalue weighted by Gasteiger charge is 2.14. The van der Waals surface area contributed by atoms with Gasteiger partial charge in [0.05, 0.1) is 11.2 Å². The van der Waals surface area contributed by atoms with Crippen LogP contribution in [0.5, 0.6) is 0 Å². The molecule has 0 saturated heterocycles. The zero-order valence-corrected chi connectivity index (χ0v) is 13.5. The number of carbonyl (C=O) groups excluding carboxylic acids is 2. The van der Waals surface area contributed by atoms with Crippen LogP contribution in [0.4, 0.5) is 0 Å². The molecule has 3 rings (SSSR count). The summed E-state index contributed by atoms with van der Waals surface area (Å²) in [5, 5.41) is 8.08. The molecule has 0 aliphatic carbocycles. The molecule has 2 aromatic carbocycles. The zero-order valence-electron chi connectivity index (χ0n) is 13.5. The number of hydrogen-bond acceptors (Lipinski definition) is 3. The zero-order chi connectivity index (χ0) is 16.9. The molecule has 0 aliphatic heterocycles. The van der Waals surface area contributed by atoms with E-state index < -0.39 is 0 Å². The minimum atomic E-state index is -0.172. The van der Waals surface area contributed by atoms with E-state index in [1.54, 1.807) is 0 Å². The number of fused-ring (bicyclic) bond motifs is 1. The Hall–Kier alpha value is -2.95. The van der Waals surface area contributed by atoms with Gasteiger partial charge in [0.25, 0.3) is 0 Å². The first-order chi connectivity index (χ1) is 11.6. The van der Waals surface area contributed by atoms with Crippen LogP contribution in [0.3, 0.4) is 0 Å². The van der Waals surface area contributed by atoms with Crippen LogP contribution in [0.25, 0.3) is 10.9 Å². The van der Waals surface area contributed by atoms with E-state index in [-0.39, 0.29) is 24.7 Å². The molecular formula is C19H19N3O2. The standard InChI is InChI=1S/C19H19N3O2/c1-14-16-9-5-6-10-17(16)22(21-14)19(24)12-11-18(23)20-13-15-7-3-2-4-8-15/h2-10H,11-13H2,1H3,(H,20,23). The highest BCUT2D eigenvalue weighted by Crippen LogP contribution is 2.17. The van der Waals surface area contributed by atoms with E-state index in [0.717, 1.165) is 22.2 Å². The predicted molar refractivity (Wildman–Crippen MR) is 92.6 cm³/mol. The average molecular weight is 321 g/mol. The fourth-order valence-electron chi connectivity index (χ4n) is 2.62. The van der Waals surface area contributed by atoms with Crippen molar-refractivity contribution in [3.63, 3.8) is 0 Å². The van der Waals surface area contributed by atoms with E-state index in [4.69, 9.17) is 0 Å². The van der Waals surface area contributed by atoms with Crippen LogP contribution < -0.4 is 5.32 Å². The third kappa shape index (κ3) is 3.51. The van der Waals surface area contributed by atoms with Gasteiger partial charge in [0.2, 0.25) is 11.8 Å². The number of aromatic nitrogens is 2. The van der Waals surface area contributed by atoms with Crippen molar-refractivity contribution in [2.75, 3.05) is 0 Å². The highest BCUT2D eigenvalue weighted by molar-refractivity contribution is 5.93. The minimum absolute atomic E-state index is 0.131. The number of nitrogens with one attached hydrogen (secondary N) is 1. The molecule has 1 N–H and O–H groups in total. The predicted octanol–water partition coefficient (Wildman–Crippen LogP) is 3.08. The van der Waals surface area contributed by atoms with E-state index in [0.29, 0.717) is 6.54 Å². The summed E-state index contributed by atoms with van der Waals surface area (Å²) in [4.78, 5) is 24.3. The molecule has 1 heterocycles. The summed E-state index contributed by atoms with van der Waals surface area (Å²) >= 11 is 0. The van der Waals surface area contributed by atoms with Gasteiger partial charge >= 0.3 is 0 Å². The first kappa shape index (κ1) is 15.9. The molecule has 24 heavy (non-hydrogen) atoms. The largest absolute Gasteiger partial charge is 0.352 e. The van der Waals surface area contributed by atoms with Crippen LogP contribution >= 0.6 is 0 Å². The Morgan fingerprint density at radius 2 is 1.71 bits per heavy atom. The van der Waals surface area contributed by atoms with Crippen molar-refractivity contribution in [2.45, 2.75) is 26.3 Å². The summed E-state index contributed by atoms with van der Waals surface area (Å²) in [6.07, 6.45) is 0.282. The minimum Gasteiger partial charge on any atom is -0.352 e. The molecule has 0 radical (unpaired) electrons. The number of amides is 1. The summed E-state index contributed by atoms with van der Waals surface area (Å²) in [6, 6.07) is 17.3. The van der Waals surface area contributed by atoms with Crippen molar-refractivity contribution in [1.82, 2.24) is 15.1 Å². The van der Waals surface area contributed by atoms with Gasteiger partial charge in [-0.3, -0.25) is 9.59 Å². The molecule has 1 aromatic heterocycles. The van der Waals surface area contributed by atoms with E-state index in [9.17, 15) is 9.59 Å².